The summed E-state index contributed by atoms with van der Waals surface area (Å²) < 4.78 is 0. The summed E-state index contributed by atoms with van der Waals surface area (Å²) in [5.74, 6) is 0.578. The van der Waals surface area contributed by atoms with E-state index in [-0.39, 0.29) is 0 Å². The standard InChI is InChI=1S/C9H20OSi/c1-6-8(2)7-9(10)11(3,4)5/h8H,6-7H2,1-5H3/t8-/m1/s1. The van der Waals surface area contributed by atoms with Gasteiger partial charge in [-0.3, -0.25) is 0 Å². The molecule has 0 fully saturated rings. The molecule has 11 heavy (non-hydrogen) atoms. The van der Waals surface area contributed by atoms with Gasteiger partial charge in [0.25, 0.3) is 0 Å². The Hall–Kier alpha value is -0.113. The van der Waals surface area contributed by atoms with Crippen molar-refractivity contribution in [2.24, 2.45) is 5.92 Å². The van der Waals surface area contributed by atoms with E-state index >= 15 is 0 Å². The average Bonchev–Trinajstić information content (AvgIpc) is 1.85. The molecule has 0 spiro atoms. The molecular formula is C9H20OSi. The molecule has 0 saturated heterocycles. The van der Waals surface area contributed by atoms with Crippen LogP contribution >= 0.6 is 0 Å². The number of carbonyl (C=O) groups excluding carboxylic acids is 1. The highest BCUT2D eigenvalue weighted by atomic mass is 28.3. The molecule has 0 aromatic heterocycles. The molecule has 0 aliphatic rings. The van der Waals surface area contributed by atoms with E-state index < -0.39 is 8.07 Å². The Labute approximate surface area is 71.2 Å². The first-order valence-electron chi connectivity index (χ1n) is 4.41. The summed E-state index contributed by atoms with van der Waals surface area (Å²) >= 11 is 0. The summed E-state index contributed by atoms with van der Waals surface area (Å²) in [4.78, 5) is 11.5. The Morgan fingerprint density at radius 1 is 1.36 bits per heavy atom. The lowest BCUT2D eigenvalue weighted by atomic mass is 10.1. The van der Waals surface area contributed by atoms with Gasteiger partial charge in [0, 0.05) is 6.42 Å². The van der Waals surface area contributed by atoms with Gasteiger partial charge in [0.2, 0.25) is 0 Å². The van der Waals surface area contributed by atoms with Gasteiger partial charge in [0.1, 0.15) is 13.5 Å². The first-order valence-corrected chi connectivity index (χ1v) is 7.91. The second-order valence-corrected chi connectivity index (χ2v) is 9.45. The molecule has 0 aromatic rings. The maximum atomic E-state index is 11.5. The topological polar surface area (TPSA) is 17.1 Å². The van der Waals surface area contributed by atoms with Crippen LogP contribution in [0.4, 0.5) is 0 Å². The third kappa shape index (κ3) is 4.35. The van der Waals surface area contributed by atoms with E-state index in [0.29, 0.717) is 11.3 Å². The smallest absolute Gasteiger partial charge is 0.123 e. The summed E-state index contributed by atoms with van der Waals surface area (Å²) in [5.41, 5.74) is 0. The Morgan fingerprint density at radius 3 is 2.09 bits per heavy atom. The van der Waals surface area contributed by atoms with Crippen molar-refractivity contribution in [1.82, 2.24) is 0 Å². The number of rotatable bonds is 4. The molecule has 0 bridgehead atoms. The van der Waals surface area contributed by atoms with E-state index in [1.54, 1.807) is 0 Å². The molecular weight excluding hydrogens is 152 g/mol. The van der Waals surface area contributed by atoms with E-state index in [1.165, 1.54) is 0 Å². The van der Waals surface area contributed by atoms with Crippen molar-refractivity contribution in [3.8, 4) is 0 Å². The van der Waals surface area contributed by atoms with E-state index in [0.717, 1.165) is 12.8 Å². The van der Waals surface area contributed by atoms with Gasteiger partial charge in [-0.1, -0.05) is 39.9 Å². The van der Waals surface area contributed by atoms with Crippen LogP contribution in [0.5, 0.6) is 0 Å². The number of carbonyl (C=O) groups is 1. The van der Waals surface area contributed by atoms with Crippen LogP contribution in [0.25, 0.3) is 0 Å². The Bertz CT molecular complexity index is 135. The molecule has 66 valence electrons. The van der Waals surface area contributed by atoms with E-state index in [2.05, 4.69) is 33.5 Å². The van der Waals surface area contributed by atoms with Gasteiger partial charge in [-0.25, -0.2) is 0 Å². The van der Waals surface area contributed by atoms with Crippen molar-refractivity contribution in [1.29, 1.82) is 0 Å². The van der Waals surface area contributed by atoms with Crippen LogP contribution in [0.2, 0.25) is 19.6 Å². The highest BCUT2D eigenvalue weighted by Crippen LogP contribution is 2.13. The van der Waals surface area contributed by atoms with Crippen LogP contribution in [-0.2, 0) is 4.79 Å². The fourth-order valence-corrected chi connectivity index (χ4v) is 1.73. The predicted molar refractivity (Wildman–Crippen MR) is 52.4 cm³/mol. The molecule has 0 aliphatic heterocycles. The minimum Gasteiger partial charge on any atom is -0.305 e. The average molecular weight is 172 g/mol. The molecule has 2 heteroatoms. The van der Waals surface area contributed by atoms with Crippen LogP contribution in [-0.4, -0.2) is 13.5 Å². The first-order chi connectivity index (χ1) is 4.88. The summed E-state index contributed by atoms with van der Waals surface area (Å²) in [6.45, 7) is 10.7. The monoisotopic (exact) mass is 172 g/mol. The van der Waals surface area contributed by atoms with Gasteiger partial charge in [0.15, 0.2) is 0 Å². The van der Waals surface area contributed by atoms with Gasteiger partial charge in [0.05, 0.1) is 0 Å². The van der Waals surface area contributed by atoms with Gasteiger partial charge >= 0.3 is 0 Å². The molecule has 0 heterocycles. The lowest BCUT2D eigenvalue weighted by Crippen LogP contribution is -2.34. The maximum Gasteiger partial charge on any atom is 0.123 e. The minimum atomic E-state index is -1.48. The second-order valence-electron chi connectivity index (χ2n) is 4.39. The highest BCUT2D eigenvalue weighted by Gasteiger charge is 2.24. The van der Waals surface area contributed by atoms with Crippen molar-refractivity contribution < 1.29 is 4.79 Å². The minimum absolute atomic E-state index is 0.520. The Balaban J connectivity index is 3.88. The molecule has 1 nitrogen and oxygen atoms in total. The zero-order chi connectivity index (χ0) is 9.07. The van der Waals surface area contributed by atoms with Crippen LogP contribution in [0.15, 0.2) is 0 Å². The van der Waals surface area contributed by atoms with Crippen molar-refractivity contribution in [3.63, 3.8) is 0 Å². The molecule has 0 rings (SSSR count). The van der Waals surface area contributed by atoms with E-state index in [9.17, 15) is 4.79 Å². The van der Waals surface area contributed by atoms with E-state index in [1.807, 2.05) is 0 Å². The predicted octanol–water partition coefficient (Wildman–Crippen LogP) is 2.87. The summed E-state index contributed by atoms with van der Waals surface area (Å²) in [7, 11) is -1.48. The largest absolute Gasteiger partial charge is 0.305 e. The van der Waals surface area contributed by atoms with Crippen LogP contribution in [0.3, 0.4) is 0 Å². The zero-order valence-corrected chi connectivity index (χ0v) is 9.40. The van der Waals surface area contributed by atoms with Crippen molar-refractivity contribution in [2.45, 2.75) is 46.3 Å². The Kier molecular flexibility index (Phi) is 4.01. The molecule has 0 aromatic carbocycles. The highest BCUT2D eigenvalue weighted by molar-refractivity contribution is 7.03. The molecule has 0 N–H and O–H groups in total. The molecule has 0 unspecified atom stereocenters. The van der Waals surface area contributed by atoms with Crippen LogP contribution in [0, 0.1) is 5.92 Å². The number of hydrogen-bond acceptors (Lipinski definition) is 1. The summed E-state index contributed by atoms with van der Waals surface area (Å²) in [5, 5.41) is 0.520. The Morgan fingerprint density at radius 2 is 1.82 bits per heavy atom. The fourth-order valence-electron chi connectivity index (χ4n) is 0.767. The van der Waals surface area contributed by atoms with Crippen molar-refractivity contribution in [3.05, 3.63) is 0 Å². The van der Waals surface area contributed by atoms with Gasteiger partial charge in [-0.15, -0.1) is 0 Å². The first kappa shape index (κ1) is 10.9. The van der Waals surface area contributed by atoms with Gasteiger partial charge in [-0.05, 0) is 5.92 Å². The molecule has 1 atom stereocenters. The van der Waals surface area contributed by atoms with Crippen LogP contribution in [0.1, 0.15) is 26.7 Å². The summed E-state index contributed by atoms with van der Waals surface area (Å²) in [6.07, 6.45) is 1.92. The molecule has 0 saturated carbocycles. The third-order valence-corrected chi connectivity index (χ3v) is 3.94. The van der Waals surface area contributed by atoms with E-state index in [4.69, 9.17) is 0 Å². The van der Waals surface area contributed by atoms with Gasteiger partial charge < -0.3 is 4.79 Å². The second kappa shape index (κ2) is 4.05. The molecule has 0 amide bonds. The fraction of sp³-hybridized carbons (Fsp3) is 0.889. The third-order valence-electron chi connectivity index (χ3n) is 2.07. The normalized spacial score (nSPS) is 14.6. The van der Waals surface area contributed by atoms with Gasteiger partial charge in [-0.2, -0.15) is 0 Å². The molecule has 0 aliphatic carbocycles. The lowest BCUT2D eigenvalue weighted by Gasteiger charge is -2.16. The maximum absolute atomic E-state index is 11.5. The van der Waals surface area contributed by atoms with Crippen LogP contribution < -0.4 is 0 Å². The quantitative estimate of drug-likeness (QED) is 0.596. The van der Waals surface area contributed by atoms with Crippen molar-refractivity contribution in [2.75, 3.05) is 0 Å². The number of hydrogen-bond donors (Lipinski definition) is 0. The SMILES string of the molecule is CC[C@@H](C)CC(=O)[Si](C)(C)C. The molecule has 0 radical (unpaired) electrons. The zero-order valence-electron chi connectivity index (χ0n) is 8.40. The lowest BCUT2D eigenvalue weighted by molar-refractivity contribution is -0.113. The summed E-state index contributed by atoms with van der Waals surface area (Å²) in [6, 6.07) is 0. The van der Waals surface area contributed by atoms with Crippen molar-refractivity contribution >= 4 is 13.5 Å².